The van der Waals surface area contributed by atoms with Gasteiger partial charge in [-0.3, -0.25) is 9.59 Å². The molecule has 0 aliphatic heterocycles. The molecule has 0 atom stereocenters. The Morgan fingerprint density at radius 3 is 2.67 bits per heavy atom. The van der Waals surface area contributed by atoms with Gasteiger partial charge in [-0.1, -0.05) is 11.6 Å². The van der Waals surface area contributed by atoms with Gasteiger partial charge in [-0.15, -0.1) is 0 Å². The van der Waals surface area contributed by atoms with Gasteiger partial charge in [0.15, 0.2) is 17.5 Å². The van der Waals surface area contributed by atoms with E-state index in [0.717, 1.165) is 0 Å². The normalized spacial score (nSPS) is 11.3. The summed E-state index contributed by atoms with van der Waals surface area (Å²) in [5, 5.41) is 11.2. The summed E-state index contributed by atoms with van der Waals surface area (Å²) in [4.78, 5) is 21.6. The molecule has 1 aromatic rings. The van der Waals surface area contributed by atoms with E-state index in [-0.39, 0.29) is 0 Å². The molecule has 1 N–H and O–H groups in total. The molecule has 0 aliphatic carbocycles. The highest BCUT2D eigenvalue weighted by Gasteiger charge is 2.29. The Morgan fingerprint density at radius 1 is 1.56 bits per heavy atom. The van der Waals surface area contributed by atoms with Gasteiger partial charge in [0, 0.05) is 0 Å². The second-order valence-corrected chi connectivity index (χ2v) is 3.45. The summed E-state index contributed by atoms with van der Waals surface area (Å²) in [6.45, 7) is -2.38. The molecule has 1 aromatic heterocycles. The molecule has 0 unspecified atom stereocenters. The Labute approximate surface area is 103 Å². The van der Waals surface area contributed by atoms with Gasteiger partial charge >= 0.3 is 12.1 Å². The summed E-state index contributed by atoms with van der Waals surface area (Å²) in [6.07, 6.45) is -4.58. The van der Waals surface area contributed by atoms with E-state index < -0.39 is 41.8 Å². The van der Waals surface area contributed by atoms with Crippen molar-refractivity contribution >= 4 is 17.6 Å². The number of ether oxygens (including phenoxy) is 1. The zero-order chi connectivity index (χ0) is 13.9. The lowest BCUT2D eigenvalue weighted by Crippen LogP contribution is -2.27. The number of carboxylic acids is 1. The lowest BCUT2D eigenvalue weighted by Gasteiger charge is -2.10. The van der Waals surface area contributed by atoms with E-state index in [2.05, 4.69) is 9.84 Å². The van der Waals surface area contributed by atoms with Gasteiger partial charge in [-0.2, -0.15) is 18.3 Å². The summed E-state index contributed by atoms with van der Waals surface area (Å²) < 4.78 is 40.4. The van der Waals surface area contributed by atoms with Crippen LogP contribution in [0.15, 0.2) is 10.9 Å². The lowest BCUT2D eigenvalue weighted by molar-refractivity contribution is -0.153. The number of alkyl halides is 3. The number of hydrogen-bond acceptors (Lipinski definition) is 4. The van der Waals surface area contributed by atoms with Crippen molar-refractivity contribution < 1.29 is 27.8 Å². The monoisotopic (exact) mass is 286 g/mol. The quantitative estimate of drug-likeness (QED) is 0.890. The van der Waals surface area contributed by atoms with Gasteiger partial charge in [0.2, 0.25) is 0 Å². The van der Waals surface area contributed by atoms with Crippen molar-refractivity contribution in [3.8, 4) is 5.75 Å². The van der Waals surface area contributed by atoms with Crippen LogP contribution >= 0.6 is 11.6 Å². The van der Waals surface area contributed by atoms with Crippen LogP contribution in [0.25, 0.3) is 0 Å². The molecule has 6 nitrogen and oxygen atoms in total. The fourth-order valence-corrected chi connectivity index (χ4v) is 1.15. The predicted octanol–water partition coefficient (Wildman–Crippen LogP) is 0.922. The Balaban J connectivity index is 2.93. The summed E-state index contributed by atoms with van der Waals surface area (Å²) in [5.41, 5.74) is -0.932. The molecule has 0 saturated heterocycles. The maximum Gasteiger partial charge on any atom is 0.422 e. The topological polar surface area (TPSA) is 81.4 Å². The fourth-order valence-electron chi connectivity index (χ4n) is 0.953. The average Bonchev–Trinajstić information content (AvgIpc) is 2.19. The fraction of sp³-hybridized carbons (Fsp3) is 0.375. The predicted molar refractivity (Wildman–Crippen MR) is 52.7 cm³/mol. The third-order valence-corrected chi connectivity index (χ3v) is 1.86. The van der Waals surface area contributed by atoms with E-state index >= 15 is 0 Å². The lowest BCUT2D eigenvalue weighted by atomic mass is 10.5. The first-order valence-electron chi connectivity index (χ1n) is 4.38. The minimum atomic E-state index is -4.58. The first kappa shape index (κ1) is 14.3. The Bertz CT molecular complexity index is 514. The van der Waals surface area contributed by atoms with Crippen LogP contribution in [0, 0.1) is 0 Å². The number of halogens is 4. The zero-order valence-electron chi connectivity index (χ0n) is 8.57. The number of aromatic nitrogens is 2. The maximum atomic E-state index is 11.9. The van der Waals surface area contributed by atoms with E-state index in [1.165, 1.54) is 0 Å². The second-order valence-electron chi connectivity index (χ2n) is 3.09. The van der Waals surface area contributed by atoms with Crippen LogP contribution in [0.2, 0.25) is 5.15 Å². The molecule has 0 fully saturated rings. The second kappa shape index (κ2) is 5.25. The van der Waals surface area contributed by atoms with E-state index in [1.807, 2.05) is 0 Å². The van der Waals surface area contributed by atoms with Crippen LogP contribution in [0.4, 0.5) is 13.2 Å². The molecular formula is C8H6ClF3N2O4. The maximum absolute atomic E-state index is 11.9. The largest absolute Gasteiger partial charge is 0.481 e. The molecule has 0 saturated carbocycles. The van der Waals surface area contributed by atoms with Gasteiger partial charge in [0.25, 0.3) is 5.56 Å². The molecule has 1 heterocycles. The van der Waals surface area contributed by atoms with E-state index in [0.29, 0.717) is 10.7 Å². The summed E-state index contributed by atoms with van der Waals surface area (Å²) in [6, 6.07) is 0.643. The molecule has 0 spiro atoms. The molecule has 0 aromatic carbocycles. The minimum absolute atomic E-state index is 0.491. The highest BCUT2D eigenvalue weighted by Crippen LogP contribution is 2.22. The van der Waals surface area contributed by atoms with Crippen molar-refractivity contribution in [3.63, 3.8) is 0 Å². The molecule has 18 heavy (non-hydrogen) atoms. The van der Waals surface area contributed by atoms with Crippen LogP contribution in [0.5, 0.6) is 5.75 Å². The van der Waals surface area contributed by atoms with E-state index in [9.17, 15) is 22.8 Å². The van der Waals surface area contributed by atoms with Gasteiger partial charge in [-0.05, 0) is 0 Å². The molecular weight excluding hydrogens is 281 g/mol. The first-order valence-corrected chi connectivity index (χ1v) is 4.76. The van der Waals surface area contributed by atoms with E-state index in [1.54, 1.807) is 0 Å². The van der Waals surface area contributed by atoms with Crippen molar-refractivity contribution in [3.05, 3.63) is 21.6 Å². The van der Waals surface area contributed by atoms with E-state index in [4.69, 9.17) is 16.7 Å². The summed E-state index contributed by atoms with van der Waals surface area (Å²) in [5.74, 6) is -1.90. The average molecular weight is 287 g/mol. The molecule has 0 amide bonds. The molecule has 1 rings (SSSR count). The van der Waals surface area contributed by atoms with Crippen LogP contribution in [-0.4, -0.2) is 33.6 Å². The van der Waals surface area contributed by atoms with Gasteiger partial charge in [0.05, 0.1) is 6.07 Å². The van der Waals surface area contributed by atoms with Crippen LogP contribution < -0.4 is 10.3 Å². The zero-order valence-corrected chi connectivity index (χ0v) is 9.33. The van der Waals surface area contributed by atoms with Crippen molar-refractivity contribution in [1.82, 2.24) is 9.78 Å². The van der Waals surface area contributed by atoms with Crippen molar-refractivity contribution in [2.24, 2.45) is 0 Å². The number of rotatable bonds is 4. The first-order chi connectivity index (χ1) is 8.19. The molecule has 100 valence electrons. The van der Waals surface area contributed by atoms with Crippen LogP contribution in [0.1, 0.15) is 0 Å². The molecule has 0 bridgehead atoms. The van der Waals surface area contributed by atoms with Crippen molar-refractivity contribution in [2.45, 2.75) is 12.7 Å². The van der Waals surface area contributed by atoms with Crippen molar-refractivity contribution in [2.75, 3.05) is 6.61 Å². The minimum Gasteiger partial charge on any atom is -0.481 e. The number of carboxylic acid groups (broad SMARTS) is 1. The SMILES string of the molecule is O=C(O)Cn1nc(Cl)c(OCC(F)(F)F)cc1=O. The smallest absolute Gasteiger partial charge is 0.422 e. The third-order valence-electron chi connectivity index (χ3n) is 1.60. The number of carbonyl (C=O) groups is 1. The van der Waals surface area contributed by atoms with Gasteiger partial charge in [0.1, 0.15) is 6.54 Å². The molecule has 10 heteroatoms. The van der Waals surface area contributed by atoms with Gasteiger partial charge in [-0.25, -0.2) is 4.68 Å². The molecule has 0 radical (unpaired) electrons. The van der Waals surface area contributed by atoms with Crippen LogP contribution in [-0.2, 0) is 11.3 Å². The Kier molecular flexibility index (Phi) is 4.17. The van der Waals surface area contributed by atoms with Crippen LogP contribution in [0.3, 0.4) is 0 Å². The van der Waals surface area contributed by atoms with Gasteiger partial charge < -0.3 is 9.84 Å². The number of nitrogens with zero attached hydrogens (tertiary/aromatic N) is 2. The van der Waals surface area contributed by atoms with Crippen molar-refractivity contribution in [1.29, 1.82) is 0 Å². The molecule has 0 aliphatic rings. The Morgan fingerprint density at radius 2 is 2.17 bits per heavy atom. The standard InChI is InChI=1S/C8H6ClF3N2O4/c9-7-4(18-3-8(10,11)12)1-5(15)14(13-7)2-6(16)17/h1H,2-3H2,(H,16,17). The summed E-state index contributed by atoms with van der Waals surface area (Å²) in [7, 11) is 0. The highest BCUT2D eigenvalue weighted by molar-refractivity contribution is 6.30. The number of aliphatic carboxylic acids is 1. The number of hydrogen-bond donors (Lipinski definition) is 1. The highest BCUT2D eigenvalue weighted by atomic mass is 35.5. The Hall–Kier alpha value is -1.77. The summed E-state index contributed by atoms with van der Waals surface area (Å²) >= 11 is 5.46. The third kappa shape index (κ3) is 4.24.